The van der Waals surface area contributed by atoms with Crippen LogP contribution in [-0.4, -0.2) is 62.2 Å². The second-order valence-electron chi connectivity index (χ2n) is 6.76. The molecule has 0 aliphatic carbocycles. The molecule has 3 aromatic rings. The lowest BCUT2D eigenvalue weighted by molar-refractivity contribution is 0.0272. The highest BCUT2D eigenvalue weighted by molar-refractivity contribution is 7.91. The summed E-state index contributed by atoms with van der Waals surface area (Å²) in [5.74, 6) is -0.335. The normalized spacial score (nSPS) is 14.7. The molecule has 31 heavy (non-hydrogen) atoms. The maximum atomic E-state index is 12.6. The zero-order chi connectivity index (χ0) is 21.8. The van der Waals surface area contributed by atoms with Crippen LogP contribution in [0.2, 0.25) is 5.02 Å². The number of aromatic nitrogens is 2. The number of ether oxygens (including phenoxy) is 1. The third kappa shape index (κ3) is 5.31. The maximum Gasteiger partial charge on any atom is 0.316 e. The number of benzene rings is 1. The lowest BCUT2D eigenvalue weighted by atomic mass is 10.2. The van der Waals surface area contributed by atoms with Crippen molar-refractivity contribution in [1.29, 1.82) is 0 Å². The predicted molar refractivity (Wildman–Crippen MR) is 115 cm³/mol. The van der Waals surface area contributed by atoms with Crippen LogP contribution in [0.1, 0.15) is 16.2 Å². The van der Waals surface area contributed by atoms with Crippen LogP contribution < -0.4 is 4.72 Å². The standard InChI is InChI=1S/C19H19ClN4O5S2/c20-15-3-1-13(2-4-15)5-6-21-31(26,27)16-11-14(12-30-16)17-22-18(29-23-17)19(25)24-7-9-28-10-8-24/h1-4,11-12,21H,5-10H2. The van der Waals surface area contributed by atoms with Gasteiger partial charge in [-0.1, -0.05) is 28.9 Å². The highest BCUT2D eigenvalue weighted by Gasteiger charge is 2.25. The van der Waals surface area contributed by atoms with E-state index in [2.05, 4.69) is 14.9 Å². The van der Waals surface area contributed by atoms with Crippen LogP contribution in [0.5, 0.6) is 0 Å². The van der Waals surface area contributed by atoms with E-state index in [0.29, 0.717) is 43.3 Å². The van der Waals surface area contributed by atoms with Crippen molar-refractivity contribution in [2.75, 3.05) is 32.8 Å². The number of thiophene rings is 1. The van der Waals surface area contributed by atoms with Gasteiger partial charge >= 0.3 is 11.8 Å². The second-order valence-corrected chi connectivity index (χ2v) is 10.1. The van der Waals surface area contributed by atoms with Crippen LogP contribution in [0.3, 0.4) is 0 Å². The van der Waals surface area contributed by atoms with Crippen molar-refractivity contribution < 1.29 is 22.5 Å². The van der Waals surface area contributed by atoms with Crippen LogP contribution in [0.25, 0.3) is 11.4 Å². The monoisotopic (exact) mass is 482 g/mol. The Balaban J connectivity index is 1.39. The highest BCUT2D eigenvalue weighted by atomic mass is 35.5. The average molecular weight is 483 g/mol. The Morgan fingerprint density at radius 3 is 2.71 bits per heavy atom. The Morgan fingerprint density at radius 2 is 1.97 bits per heavy atom. The molecule has 1 aliphatic heterocycles. The number of hydrogen-bond acceptors (Lipinski definition) is 8. The average Bonchev–Trinajstić information content (AvgIpc) is 3.45. The minimum absolute atomic E-state index is 0.129. The third-order valence-corrected chi connectivity index (χ3v) is 7.78. The molecule has 0 spiro atoms. The molecule has 2 aromatic heterocycles. The van der Waals surface area contributed by atoms with E-state index in [4.69, 9.17) is 20.9 Å². The van der Waals surface area contributed by atoms with Crippen LogP contribution in [0, 0.1) is 0 Å². The smallest absolute Gasteiger partial charge is 0.316 e. The topological polar surface area (TPSA) is 115 Å². The molecular weight excluding hydrogens is 464 g/mol. The quantitative estimate of drug-likeness (QED) is 0.550. The van der Waals surface area contributed by atoms with Gasteiger partial charge in [-0.2, -0.15) is 4.98 Å². The number of nitrogens with one attached hydrogen (secondary N) is 1. The summed E-state index contributed by atoms with van der Waals surface area (Å²) in [7, 11) is -3.69. The minimum Gasteiger partial charge on any atom is -0.378 e. The Morgan fingerprint density at radius 1 is 1.23 bits per heavy atom. The predicted octanol–water partition coefficient (Wildman–Crippen LogP) is 2.44. The van der Waals surface area contributed by atoms with Crippen molar-refractivity contribution in [3.05, 3.63) is 52.2 Å². The Labute approximate surface area is 188 Å². The Bertz CT molecular complexity index is 1150. The van der Waals surface area contributed by atoms with Crippen LogP contribution in [0.15, 0.2) is 44.4 Å². The summed E-state index contributed by atoms with van der Waals surface area (Å²) in [5.41, 5.74) is 1.44. The van der Waals surface area contributed by atoms with Gasteiger partial charge in [0.2, 0.25) is 15.8 Å². The van der Waals surface area contributed by atoms with Crippen molar-refractivity contribution in [1.82, 2.24) is 19.8 Å². The number of rotatable bonds is 7. The van der Waals surface area contributed by atoms with E-state index in [0.717, 1.165) is 16.9 Å². The largest absolute Gasteiger partial charge is 0.378 e. The number of halogens is 1. The molecule has 1 saturated heterocycles. The van der Waals surface area contributed by atoms with Crippen molar-refractivity contribution in [2.24, 2.45) is 0 Å². The second kappa shape index (κ2) is 9.45. The molecule has 0 saturated carbocycles. The summed E-state index contributed by atoms with van der Waals surface area (Å²) < 4.78 is 38.2. The summed E-state index contributed by atoms with van der Waals surface area (Å²) in [6.45, 7) is 2.09. The molecule has 0 bridgehead atoms. The fourth-order valence-corrected chi connectivity index (χ4v) is 5.32. The first-order chi connectivity index (χ1) is 14.9. The molecule has 1 aromatic carbocycles. The van der Waals surface area contributed by atoms with E-state index in [1.807, 2.05) is 12.1 Å². The zero-order valence-electron chi connectivity index (χ0n) is 16.3. The highest BCUT2D eigenvalue weighted by Crippen LogP contribution is 2.27. The molecule has 12 heteroatoms. The van der Waals surface area contributed by atoms with E-state index in [9.17, 15) is 13.2 Å². The first-order valence-corrected chi connectivity index (χ1v) is 12.2. The van der Waals surface area contributed by atoms with Gasteiger partial charge in [0.1, 0.15) is 4.21 Å². The van der Waals surface area contributed by atoms with E-state index >= 15 is 0 Å². The maximum absolute atomic E-state index is 12.6. The molecule has 9 nitrogen and oxygen atoms in total. The molecule has 0 radical (unpaired) electrons. The number of morpholine rings is 1. The van der Waals surface area contributed by atoms with Crippen LogP contribution in [-0.2, 0) is 21.2 Å². The fourth-order valence-electron chi connectivity index (χ4n) is 2.96. The molecule has 0 atom stereocenters. The number of amides is 1. The van der Waals surface area contributed by atoms with Crippen molar-refractivity contribution in [3.63, 3.8) is 0 Å². The van der Waals surface area contributed by atoms with Gasteiger partial charge in [-0.15, -0.1) is 11.3 Å². The van der Waals surface area contributed by atoms with Gasteiger partial charge in [0.15, 0.2) is 0 Å². The lowest BCUT2D eigenvalue weighted by Crippen LogP contribution is -2.40. The van der Waals surface area contributed by atoms with Gasteiger partial charge in [0.25, 0.3) is 0 Å². The van der Waals surface area contributed by atoms with Gasteiger partial charge < -0.3 is 14.2 Å². The summed E-state index contributed by atoms with van der Waals surface area (Å²) in [4.78, 5) is 18.1. The van der Waals surface area contributed by atoms with Crippen LogP contribution in [0.4, 0.5) is 0 Å². The van der Waals surface area contributed by atoms with Gasteiger partial charge in [0, 0.05) is 35.6 Å². The summed E-state index contributed by atoms with van der Waals surface area (Å²) >= 11 is 6.90. The lowest BCUT2D eigenvalue weighted by Gasteiger charge is -2.25. The van der Waals surface area contributed by atoms with E-state index < -0.39 is 10.0 Å². The Hall–Kier alpha value is -2.31. The van der Waals surface area contributed by atoms with Crippen LogP contribution >= 0.6 is 22.9 Å². The van der Waals surface area contributed by atoms with Crippen molar-refractivity contribution >= 4 is 38.9 Å². The molecule has 1 fully saturated rings. The number of carbonyl (C=O) groups is 1. The molecular formula is C19H19ClN4O5S2. The first kappa shape index (κ1) is 21.9. The minimum atomic E-state index is -3.69. The number of nitrogens with zero attached hydrogens (tertiary/aromatic N) is 3. The molecule has 164 valence electrons. The SMILES string of the molecule is O=C(c1nc(-c2csc(S(=O)(=O)NCCc3ccc(Cl)cc3)c2)no1)N1CCOCC1. The van der Waals surface area contributed by atoms with E-state index in [1.54, 1.807) is 22.4 Å². The summed E-state index contributed by atoms with van der Waals surface area (Å²) in [6.07, 6.45) is 0.534. The molecule has 4 rings (SSSR count). The number of sulfonamides is 1. The van der Waals surface area contributed by atoms with E-state index in [1.165, 1.54) is 6.07 Å². The molecule has 0 unspecified atom stereocenters. The summed E-state index contributed by atoms with van der Waals surface area (Å²) in [6, 6.07) is 8.70. The fraction of sp³-hybridized carbons (Fsp3) is 0.316. The molecule has 1 N–H and O–H groups in total. The van der Waals surface area contributed by atoms with Gasteiger partial charge in [-0.3, -0.25) is 4.79 Å². The summed E-state index contributed by atoms with van der Waals surface area (Å²) in [5, 5.41) is 6.07. The van der Waals surface area contributed by atoms with Crippen molar-refractivity contribution in [2.45, 2.75) is 10.6 Å². The first-order valence-electron chi connectivity index (χ1n) is 9.46. The molecule has 3 heterocycles. The molecule has 1 amide bonds. The third-order valence-electron chi connectivity index (χ3n) is 4.62. The van der Waals surface area contributed by atoms with E-state index in [-0.39, 0.29) is 28.4 Å². The number of carbonyl (C=O) groups excluding carboxylic acids is 1. The van der Waals surface area contributed by atoms with Gasteiger partial charge in [-0.25, -0.2) is 13.1 Å². The molecule has 1 aliphatic rings. The van der Waals surface area contributed by atoms with Crippen molar-refractivity contribution in [3.8, 4) is 11.4 Å². The zero-order valence-corrected chi connectivity index (χ0v) is 18.7. The Kier molecular flexibility index (Phi) is 6.68. The number of hydrogen-bond donors (Lipinski definition) is 1. The van der Waals surface area contributed by atoms with Gasteiger partial charge in [0.05, 0.1) is 13.2 Å². The van der Waals surface area contributed by atoms with Gasteiger partial charge in [-0.05, 0) is 30.2 Å².